The van der Waals surface area contributed by atoms with Gasteiger partial charge in [0.05, 0.1) is 17.6 Å². The Morgan fingerprint density at radius 1 is 1.44 bits per heavy atom. The molecule has 3 nitrogen and oxygen atoms in total. The lowest BCUT2D eigenvalue weighted by Gasteiger charge is -2.21. The maximum atomic E-state index is 5.72. The van der Waals surface area contributed by atoms with Crippen LogP contribution in [0.25, 0.3) is 0 Å². The molecule has 1 aromatic rings. The van der Waals surface area contributed by atoms with Crippen molar-refractivity contribution in [2.24, 2.45) is 11.8 Å². The van der Waals surface area contributed by atoms with E-state index in [1.54, 1.807) is 6.20 Å². The minimum absolute atomic E-state index is 0.577. The van der Waals surface area contributed by atoms with Gasteiger partial charge < -0.3 is 11.1 Å². The van der Waals surface area contributed by atoms with Gasteiger partial charge in [0.15, 0.2) is 0 Å². The van der Waals surface area contributed by atoms with Gasteiger partial charge >= 0.3 is 0 Å². The smallest absolute Gasteiger partial charge is 0.0549 e. The van der Waals surface area contributed by atoms with Gasteiger partial charge in [-0.3, -0.25) is 4.98 Å². The van der Waals surface area contributed by atoms with Crippen molar-refractivity contribution in [1.29, 1.82) is 0 Å². The van der Waals surface area contributed by atoms with E-state index in [1.807, 2.05) is 12.3 Å². The highest BCUT2D eigenvalue weighted by Crippen LogP contribution is 2.35. The van der Waals surface area contributed by atoms with Crippen LogP contribution in [0.1, 0.15) is 33.1 Å². The third kappa shape index (κ3) is 2.29. The molecule has 0 spiro atoms. The highest BCUT2D eigenvalue weighted by Gasteiger charge is 2.31. The number of nitrogens with zero attached hydrogens (tertiary/aromatic N) is 1. The topological polar surface area (TPSA) is 50.9 Å². The Kier molecular flexibility index (Phi) is 3.32. The maximum absolute atomic E-state index is 5.72. The van der Waals surface area contributed by atoms with Crippen molar-refractivity contribution >= 4 is 11.4 Å². The van der Waals surface area contributed by atoms with Crippen molar-refractivity contribution in [2.75, 3.05) is 11.1 Å². The lowest BCUT2D eigenvalue weighted by Crippen LogP contribution is -2.24. The average molecular weight is 219 g/mol. The van der Waals surface area contributed by atoms with Crippen LogP contribution in [0.2, 0.25) is 0 Å². The van der Waals surface area contributed by atoms with Gasteiger partial charge in [-0.05, 0) is 30.7 Å². The van der Waals surface area contributed by atoms with Gasteiger partial charge in [0.2, 0.25) is 0 Å². The van der Waals surface area contributed by atoms with Crippen molar-refractivity contribution in [1.82, 2.24) is 4.98 Å². The number of nitrogens with two attached hydrogens (primary N) is 1. The molecule has 3 unspecified atom stereocenters. The summed E-state index contributed by atoms with van der Waals surface area (Å²) in [5.74, 6) is 1.61. The second-order valence-electron chi connectivity index (χ2n) is 4.86. The third-order valence-corrected chi connectivity index (χ3v) is 3.86. The fourth-order valence-electron chi connectivity index (χ4n) is 2.78. The molecule has 1 heterocycles. The number of anilines is 2. The van der Waals surface area contributed by atoms with Crippen molar-refractivity contribution < 1.29 is 0 Å². The van der Waals surface area contributed by atoms with E-state index >= 15 is 0 Å². The minimum Gasteiger partial charge on any atom is -0.397 e. The molecule has 1 saturated carbocycles. The fraction of sp³-hybridized carbons (Fsp3) is 0.615. The Hall–Kier alpha value is -1.25. The van der Waals surface area contributed by atoms with Crippen LogP contribution in [0.15, 0.2) is 18.5 Å². The second kappa shape index (κ2) is 4.73. The van der Waals surface area contributed by atoms with Crippen LogP contribution in [0.5, 0.6) is 0 Å². The summed E-state index contributed by atoms with van der Waals surface area (Å²) < 4.78 is 0. The predicted octanol–water partition coefficient (Wildman–Crippen LogP) is 2.90. The van der Waals surface area contributed by atoms with E-state index < -0.39 is 0 Å². The average Bonchev–Trinajstić information content (AvgIpc) is 2.60. The number of rotatable bonds is 3. The molecule has 0 amide bonds. The molecule has 0 radical (unpaired) electrons. The molecule has 3 heteroatoms. The van der Waals surface area contributed by atoms with Gasteiger partial charge in [-0.15, -0.1) is 0 Å². The van der Waals surface area contributed by atoms with Crippen molar-refractivity contribution in [3.8, 4) is 0 Å². The molecule has 1 aromatic heterocycles. The highest BCUT2D eigenvalue weighted by atomic mass is 14.9. The summed E-state index contributed by atoms with van der Waals surface area (Å²) in [4.78, 5) is 4.10. The summed E-state index contributed by atoms with van der Waals surface area (Å²) in [5, 5.41) is 3.55. The standard InChI is InChI=1S/C13H21N3/c1-3-10-4-5-13(9(10)2)16-12-6-11(14)7-15-8-12/h6-10,13,16H,3-5,14H2,1-2H3. The number of hydrogen-bond acceptors (Lipinski definition) is 3. The zero-order chi connectivity index (χ0) is 11.5. The highest BCUT2D eigenvalue weighted by molar-refractivity contribution is 5.51. The van der Waals surface area contributed by atoms with Gasteiger partial charge in [-0.2, -0.15) is 0 Å². The summed E-state index contributed by atoms with van der Waals surface area (Å²) in [7, 11) is 0. The molecule has 0 bridgehead atoms. The first-order chi connectivity index (χ1) is 7.70. The number of pyridine rings is 1. The molecule has 0 saturated heterocycles. The molecule has 3 atom stereocenters. The number of aromatic nitrogens is 1. The Morgan fingerprint density at radius 3 is 2.88 bits per heavy atom. The first-order valence-electron chi connectivity index (χ1n) is 6.17. The van der Waals surface area contributed by atoms with Gasteiger partial charge in [0, 0.05) is 12.2 Å². The molecule has 2 rings (SSSR count). The molecule has 3 N–H and O–H groups in total. The van der Waals surface area contributed by atoms with E-state index in [0.717, 1.165) is 23.2 Å². The van der Waals surface area contributed by atoms with Crippen LogP contribution in [-0.4, -0.2) is 11.0 Å². The predicted molar refractivity (Wildman–Crippen MR) is 68.2 cm³/mol. The summed E-state index contributed by atoms with van der Waals surface area (Å²) in [5.41, 5.74) is 7.49. The quantitative estimate of drug-likeness (QED) is 0.821. The molecule has 0 aliphatic heterocycles. The van der Waals surface area contributed by atoms with Crippen LogP contribution < -0.4 is 11.1 Å². The van der Waals surface area contributed by atoms with Gasteiger partial charge in [0.1, 0.15) is 0 Å². The summed E-state index contributed by atoms with van der Waals surface area (Å²) in [6, 6.07) is 2.53. The van der Waals surface area contributed by atoms with Crippen LogP contribution in [0, 0.1) is 11.8 Å². The molecule has 1 aliphatic carbocycles. The van der Waals surface area contributed by atoms with Crippen molar-refractivity contribution in [3.63, 3.8) is 0 Å². The van der Waals surface area contributed by atoms with E-state index in [-0.39, 0.29) is 0 Å². The van der Waals surface area contributed by atoms with Crippen molar-refractivity contribution in [3.05, 3.63) is 18.5 Å². The molecule has 1 fully saturated rings. The zero-order valence-corrected chi connectivity index (χ0v) is 10.1. The summed E-state index contributed by atoms with van der Waals surface area (Å²) >= 11 is 0. The third-order valence-electron chi connectivity index (χ3n) is 3.86. The normalized spacial score (nSPS) is 29.2. The molecular weight excluding hydrogens is 198 g/mol. The number of hydrogen-bond donors (Lipinski definition) is 2. The fourth-order valence-corrected chi connectivity index (χ4v) is 2.78. The Balaban J connectivity index is 2.00. The molecule has 16 heavy (non-hydrogen) atoms. The molecule has 88 valence electrons. The van der Waals surface area contributed by atoms with Crippen LogP contribution in [0.3, 0.4) is 0 Å². The molecule has 1 aliphatic rings. The number of nitrogens with one attached hydrogen (secondary N) is 1. The van der Waals surface area contributed by atoms with Crippen molar-refractivity contribution in [2.45, 2.75) is 39.2 Å². The van der Waals surface area contributed by atoms with Crippen LogP contribution in [-0.2, 0) is 0 Å². The van der Waals surface area contributed by atoms with Gasteiger partial charge in [-0.1, -0.05) is 20.3 Å². The lowest BCUT2D eigenvalue weighted by atomic mass is 9.93. The maximum Gasteiger partial charge on any atom is 0.0549 e. The zero-order valence-electron chi connectivity index (χ0n) is 10.1. The van der Waals surface area contributed by atoms with Crippen LogP contribution >= 0.6 is 0 Å². The minimum atomic E-state index is 0.577. The Morgan fingerprint density at radius 2 is 2.25 bits per heavy atom. The van der Waals surface area contributed by atoms with E-state index in [2.05, 4.69) is 24.1 Å². The first-order valence-corrected chi connectivity index (χ1v) is 6.17. The Bertz CT molecular complexity index is 351. The van der Waals surface area contributed by atoms with E-state index in [4.69, 9.17) is 5.73 Å². The number of nitrogen functional groups attached to an aromatic ring is 1. The van der Waals surface area contributed by atoms with E-state index in [1.165, 1.54) is 19.3 Å². The molecular formula is C13H21N3. The summed E-state index contributed by atoms with van der Waals surface area (Å²) in [6.45, 7) is 4.63. The second-order valence-corrected chi connectivity index (χ2v) is 4.86. The monoisotopic (exact) mass is 219 g/mol. The largest absolute Gasteiger partial charge is 0.397 e. The van der Waals surface area contributed by atoms with E-state index in [0.29, 0.717) is 6.04 Å². The van der Waals surface area contributed by atoms with Gasteiger partial charge in [0.25, 0.3) is 0 Å². The van der Waals surface area contributed by atoms with Crippen LogP contribution in [0.4, 0.5) is 11.4 Å². The lowest BCUT2D eigenvalue weighted by molar-refractivity contribution is 0.392. The molecule has 0 aromatic carbocycles. The SMILES string of the molecule is CCC1CCC(Nc2cncc(N)c2)C1C. The summed E-state index contributed by atoms with van der Waals surface area (Å²) in [6.07, 6.45) is 7.41. The Labute approximate surface area is 97.5 Å². The first kappa shape index (κ1) is 11.2. The van der Waals surface area contributed by atoms with Gasteiger partial charge in [-0.25, -0.2) is 0 Å². The van der Waals surface area contributed by atoms with E-state index in [9.17, 15) is 0 Å².